The second-order valence-corrected chi connectivity index (χ2v) is 13.8. The van der Waals surface area contributed by atoms with Gasteiger partial charge >= 0.3 is 5.97 Å². The fourth-order valence-electron chi connectivity index (χ4n) is 5.89. The number of hydrogen-bond donors (Lipinski definition) is 7. The topological polar surface area (TPSA) is 212 Å². The molecule has 14 nitrogen and oxygen atoms in total. The third-order valence-corrected chi connectivity index (χ3v) is 8.84. The summed E-state index contributed by atoms with van der Waals surface area (Å²) in [5.74, 6) is -4.40. The van der Waals surface area contributed by atoms with Gasteiger partial charge in [0.1, 0.15) is 29.9 Å². The minimum atomic E-state index is -1.32. The van der Waals surface area contributed by atoms with Crippen LogP contribution in [0.5, 0.6) is 5.75 Å². The van der Waals surface area contributed by atoms with Crippen LogP contribution in [0, 0.1) is 5.41 Å². The molecule has 5 aromatic rings. The highest BCUT2D eigenvalue weighted by molar-refractivity contribution is 6.03. The van der Waals surface area contributed by atoms with Crippen molar-refractivity contribution < 1.29 is 34.2 Å². The number of carboxylic acids is 1. The summed E-state index contributed by atoms with van der Waals surface area (Å²) in [7, 11) is 1.41. The van der Waals surface area contributed by atoms with Gasteiger partial charge in [-0.1, -0.05) is 75.4 Å². The summed E-state index contributed by atoms with van der Waals surface area (Å²) in [6, 6.07) is 19.4. The molecule has 3 aromatic carbocycles. The summed E-state index contributed by atoms with van der Waals surface area (Å²) in [6.45, 7) is 4.43. The molecular weight excluding hydrogens is 680 g/mol. The van der Waals surface area contributed by atoms with E-state index in [2.05, 4.69) is 26.3 Å². The number of aryl methyl sites for hydroxylation is 1. The van der Waals surface area contributed by atoms with Gasteiger partial charge in [0.25, 0.3) is 11.5 Å². The molecule has 0 aliphatic rings. The number of fused-ring (bicyclic) bond motifs is 2. The lowest BCUT2D eigenvalue weighted by Gasteiger charge is -2.26. The predicted molar refractivity (Wildman–Crippen MR) is 198 cm³/mol. The molecule has 2 heterocycles. The third-order valence-electron chi connectivity index (χ3n) is 8.84. The van der Waals surface area contributed by atoms with Gasteiger partial charge in [0.2, 0.25) is 17.7 Å². The lowest BCUT2D eigenvalue weighted by Crippen LogP contribution is -2.56. The Morgan fingerprint density at radius 3 is 2.19 bits per heavy atom. The molecule has 0 spiro atoms. The Balaban J connectivity index is 1.40. The number of carboxylic acid groups (broad SMARTS) is 1. The Labute approximate surface area is 304 Å². The molecule has 4 amide bonds. The SMILES string of the molecule is Cn1c(=O)c(C(=O)NCC(=O)O)c(O)c2cc(CNC(=O)[C@H](Cc3ccccc3)NC(=O)[C@H](Cc3c[nH]c4ccccc34)NC(=O)C(C)(C)C)ccc21. The molecular formula is C39H42N6O8. The molecule has 0 saturated heterocycles. The summed E-state index contributed by atoms with van der Waals surface area (Å²) in [5.41, 5.74) is 1.05. The van der Waals surface area contributed by atoms with Gasteiger partial charge in [-0.25, -0.2) is 0 Å². The zero-order valence-electron chi connectivity index (χ0n) is 29.8. The van der Waals surface area contributed by atoms with Crippen LogP contribution in [0.15, 0.2) is 83.8 Å². The highest BCUT2D eigenvalue weighted by Crippen LogP contribution is 2.27. The average Bonchev–Trinajstić information content (AvgIpc) is 3.54. The van der Waals surface area contributed by atoms with Gasteiger partial charge in [0, 0.05) is 54.3 Å². The number of H-pyrrole nitrogens is 1. The van der Waals surface area contributed by atoms with Crippen LogP contribution in [0.2, 0.25) is 0 Å². The maximum Gasteiger partial charge on any atom is 0.322 e. The summed E-state index contributed by atoms with van der Waals surface area (Å²) in [5, 5.41) is 31.6. The quantitative estimate of drug-likeness (QED) is 0.0958. The summed E-state index contributed by atoms with van der Waals surface area (Å²) >= 11 is 0. The number of aromatic amines is 1. The Morgan fingerprint density at radius 2 is 1.49 bits per heavy atom. The molecule has 2 atom stereocenters. The molecule has 0 radical (unpaired) electrons. The van der Waals surface area contributed by atoms with Crippen molar-refractivity contribution in [1.82, 2.24) is 30.8 Å². The van der Waals surface area contributed by atoms with E-state index in [1.807, 2.05) is 54.6 Å². The highest BCUT2D eigenvalue weighted by atomic mass is 16.4. The normalized spacial score (nSPS) is 12.5. The van der Waals surface area contributed by atoms with Crippen LogP contribution in [-0.2, 0) is 45.6 Å². The minimum Gasteiger partial charge on any atom is -0.506 e. The van der Waals surface area contributed by atoms with Crippen molar-refractivity contribution in [1.29, 1.82) is 0 Å². The molecule has 0 bridgehead atoms. The fraction of sp³-hybridized carbons (Fsp3) is 0.282. The molecule has 7 N–H and O–H groups in total. The predicted octanol–water partition coefficient (Wildman–Crippen LogP) is 2.66. The van der Waals surface area contributed by atoms with Crippen molar-refractivity contribution in [3.05, 3.63) is 112 Å². The van der Waals surface area contributed by atoms with Crippen molar-refractivity contribution in [2.24, 2.45) is 12.5 Å². The van der Waals surface area contributed by atoms with E-state index in [1.165, 1.54) is 13.1 Å². The highest BCUT2D eigenvalue weighted by Gasteiger charge is 2.31. The number of amides is 4. The zero-order valence-corrected chi connectivity index (χ0v) is 29.8. The van der Waals surface area contributed by atoms with Gasteiger partial charge in [-0.15, -0.1) is 0 Å². The maximum absolute atomic E-state index is 14.0. The third kappa shape index (κ3) is 8.90. The van der Waals surface area contributed by atoms with Gasteiger partial charge in [0.15, 0.2) is 0 Å². The lowest BCUT2D eigenvalue weighted by molar-refractivity contribution is -0.136. The monoisotopic (exact) mass is 722 g/mol. The molecule has 14 heteroatoms. The number of aliphatic carboxylic acids is 1. The van der Waals surface area contributed by atoms with E-state index in [0.717, 1.165) is 26.6 Å². The number of carbonyl (C=O) groups excluding carboxylic acids is 4. The van der Waals surface area contributed by atoms with Gasteiger partial charge in [0.05, 0.1) is 5.52 Å². The number of carbonyl (C=O) groups is 5. The van der Waals surface area contributed by atoms with E-state index >= 15 is 0 Å². The van der Waals surface area contributed by atoms with Gasteiger partial charge in [-0.3, -0.25) is 28.8 Å². The van der Waals surface area contributed by atoms with E-state index < -0.39 is 64.6 Å². The summed E-state index contributed by atoms with van der Waals surface area (Å²) in [6.07, 6.45) is 2.10. The van der Waals surface area contributed by atoms with Gasteiger partial charge < -0.3 is 41.0 Å². The summed E-state index contributed by atoms with van der Waals surface area (Å²) < 4.78 is 1.16. The number of nitrogens with zero attached hydrogens (tertiary/aromatic N) is 1. The maximum atomic E-state index is 14.0. The first-order valence-corrected chi connectivity index (χ1v) is 17.0. The zero-order chi connectivity index (χ0) is 38.4. The number of aromatic hydroxyl groups is 1. The Kier molecular flexibility index (Phi) is 11.3. The van der Waals surface area contributed by atoms with Crippen molar-refractivity contribution in [2.45, 2.75) is 52.2 Å². The van der Waals surface area contributed by atoms with Crippen LogP contribution < -0.4 is 26.8 Å². The largest absolute Gasteiger partial charge is 0.506 e. The molecule has 53 heavy (non-hydrogen) atoms. The number of rotatable bonds is 13. The molecule has 276 valence electrons. The Morgan fingerprint density at radius 1 is 0.811 bits per heavy atom. The molecule has 0 fully saturated rings. The second kappa shape index (κ2) is 15.8. The molecule has 5 rings (SSSR count). The van der Waals surface area contributed by atoms with E-state index in [9.17, 15) is 33.9 Å². The number of hydrogen-bond acceptors (Lipinski definition) is 7. The Bertz CT molecular complexity index is 2250. The smallest absolute Gasteiger partial charge is 0.322 e. The first kappa shape index (κ1) is 37.8. The number of nitrogens with one attached hydrogen (secondary N) is 5. The fourth-order valence-corrected chi connectivity index (χ4v) is 5.89. The molecule has 0 saturated carbocycles. The Hall–Kier alpha value is -6.44. The van der Waals surface area contributed by atoms with E-state index in [0.29, 0.717) is 11.1 Å². The van der Waals surface area contributed by atoms with Crippen LogP contribution in [0.3, 0.4) is 0 Å². The van der Waals surface area contributed by atoms with E-state index in [1.54, 1.807) is 39.1 Å². The van der Waals surface area contributed by atoms with Crippen LogP contribution in [0.25, 0.3) is 21.8 Å². The first-order chi connectivity index (χ1) is 25.1. The van der Waals surface area contributed by atoms with Gasteiger partial charge in [-0.2, -0.15) is 0 Å². The van der Waals surface area contributed by atoms with Crippen molar-refractivity contribution in [3.63, 3.8) is 0 Å². The van der Waals surface area contributed by atoms with Crippen LogP contribution in [0.1, 0.15) is 47.8 Å². The van der Waals surface area contributed by atoms with E-state index in [4.69, 9.17) is 5.11 Å². The standard InChI is InChI=1S/C39H42N6O8/c1-39(2,3)38(53)44-29(18-24-20-40-27-13-9-8-12-25(24)27)35(50)43-28(17-22-10-6-5-7-11-22)34(49)41-19-23-14-15-30-26(16-23)33(48)32(37(52)45(30)4)36(51)42-21-31(46)47/h5-16,20,28-29,40,48H,17-19,21H2,1-4H3,(H,41,49)(H,42,51)(H,43,50)(H,44,53)(H,46,47)/t28-,29-/m0/s1. The van der Waals surface area contributed by atoms with Gasteiger partial charge in [-0.05, 0) is 34.9 Å². The van der Waals surface area contributed by atoms with Crippen LogP contribution in [-0.4, -0.2) is 68.0 Å². The first-order valence-electron chi connectivity index (χ1n) is 17.0. The summed E-state index contributed by atoms with van der Waals surface area (Å²) in [4.78, 5) is 80.7. The number of pyridine rings is 1. The second-order valence-electron chi connectivity index (χ2n) is 13.8. The molecule has 0 aliphatic carbocycles. The molecule has 0 aliphatic heterocycles. The molecule has 2 aromatic heterocycles. The average molecular weight is 723 g/mol. The van der Waals surface area contributed by atoms with E-state index in [-0.39, 0.29) is 30.7 Å². The van der Waals surface area contributed by atoms with Crippen LogP contribution >= 0.6 is 0 Å². The number of para-hydroxylation sites is 1. The van der Waals surface area contributed by atoms with Crippen molar-refractivity contribution >= 4 is 51.4 Å². The van der Waals surface area contributed by atoms with Crippen molar-refractivity contribution in [2.75, 3.05) is 6.54 Å². The van der Waals surface area contributed by atoms with Crippen LogP contribution in [0.4, 0.5) is 0 Å². The number of benzene rings is 3. The lowest BCUT2D eigenvalue weighted by atomic mass is 9.94. The van der Waals surface area contributed by atoms with Crippen molar-refractivity contribution in [3.8, 4) is 5.75 Å². The molecule has 0 unspecified atom stereocenters. The number of aromatic nitrogens is 2. The minimum absolute atomic E-state index is 0.0573.